The molecule has 2 aromatic rings. The van der Waals surface area contributed by atoms with E-state index in [1.54, 1.807) is 0 Å². The van der Waals surface area contributed by atoms with Crippen molar-refractivity contribution in [2.75, 3.05) is 19.4 Å². The van der Waals surface area contributed by atoms with Gasteiger partial charge in [0.15, 0.2) is 25.0 Å². The molecule has 9 heteroatoms. The van der Waals surface area contributed by atoms with E-state index in [-0.39, 0.29) is 28.4 Å². The van der Waals surface area contributed by atoms with Gasteiger partial charge in [-0.3, -0.25) is 0 Å². The van der Waals surface area contributed by atoms with Crippen LogP contribution in [0.15, 0.2) is 84.5 Å². The summed E-state index contributed by atoms with van der Waals surface area (Å²) in [6.45, 7) is 35.5. The van der Waals surface area contributed by atoms with Gasteiger partial charge in [-0.2, -0.15) is 0 Å². The largest absolute Gasteiger partial charge is 0.417 e. The number of rotatable bonds is 15. The van der Waals surface area contributed by atoms with Crippen LogP contribution in [0.1, 0.15) is 61.3 Å². The maximum absolute atomic E-state index is 15.0. The molecular formula is C40H67O5PSi3. The van der Waals surface area contributed by atoms with Crippen LogP contribution in [0.4, 0.5) is 0 Å². The normalized spacial score (nSPS) is 21.0. The highest BCUT2D eigenvalue weighted by atomic mass is 31.2. The van der Waals surface area contributed by atoms with Crippen molar-refractivity contribution in [2.45, 2.75) is 135 Å². The van der Waals surface area contributed by atoms with Crippen molar-refractivity contribution in [3.63, 3.8) is 0 Å². The summed E-state index contributed by atoms with van der Waals surface area (Å²) in [7, 11) is -9.06. The second kappa shape index (κ2) is 16.5. The predicted octanol–water partition coefficient (Wildman–Crippen LogP) is 10.7. The van der Waals surface area contributed by atoms with Gasteiger partial charge in [0.2, 0.25) is 0 Å². The molecule has 1 saturated carbocycles. The number of hydrogen-bond acceptors (Lipinski definition) is 5. The van der Waals surface area contributed by atoms with E-state index < -0.39 is 32.1 Å². The van der Waals surface area contributed by atoms with Crippen LogP contribution in [0.5, 0.6) is 0 Å². The molecule has 3 atom stereocenters. The van der Waals surface area contributed by atoms with Crippen molar-refractivity contribution >= 4 is 42.7 Å². The summed E-state index contributed by atoms with van der Waals surface area (Å²) in [5.41, 5.74) is 2.00. The van der Waals surface area contributed by atoms with Gasteiger partial charge in [-0.1, -0.05) is 122 Å². The molecule has 0 unspecified atom stereocenters. The third-order valence-electron chi connectivity index (χ3n) is 11.2. The molecular weight excluding hydrogens is 676 g/mol. The van der Waals surface area contributed by atoms with Crippen LogP contribution in [0, 0.1) is 0 Å². The zero-order valence-electron chi connectivity index (χ0n) is 33.0. The van der Waals surface area contributed by atoms with E-state index in [1.165, 1.54) is 0 Å². The van der Waals surface area contributed by atoms with Crippen LogP contribution in [0.25, 0.3) is 0 Å². The molecule has 49 heavy (non-hydrogen) atoms. The molecule has 5 nitrogen and oxygen atoms in total. The van der Waals surface area contributed by atoms with Crippen LogP contribution >= 0.6 is 7.14 Å². The third kappa shape index (κ3) is 10.8. The van der Waals surface area contributed by atoms with Gasteiger partial charge in [0.25, 0.3) is 0 Å². The first-order chi connectivity index (χ1) is 22.5. The fraction of sp³-hybridized carbons (Fsp3) is 0.600. The molecule has 274 valence electrons. The van der Waals surface area contributed by atoms with Gasteiger partial charge < -0.3 is 22.6 Å². The molecule has 0 saturated heterocycles. The van der Waals surface area contributed by atoms with E-state index in [2.05, 4.69) is 93.8 Å². The van der Waals surface area contributed by atoms with E-state index in [1.807, 2.05) is 60.7 Å². The van der Waals surface area contributed by atoms with Gasteiger partial charge in [-0.25, -0.2) is 0 Å². The second-order valence-electron chi connectivity index (χ2n) is 17.4. The minimum Gasteiger partial charge on any atom is -0.417 e. The topological polar surface area (TPSA) is 54.0 Å². The summed E-state index contributed by atoms with van der Waals surface area (Å²) >= 11 is 0. The van der Waals surface area contributed by atoms with Crippen LogP contribution in [0.3, 0.4) is 0 Å². The van der Waals surface area contributed by atoms with E-state index in [0.717, 1.165) is 34.2 Å². The molecule has 0 aromatic heterocycles. The Labute approximate surface area is 303 Å². The first-order valence-electron chi connectivity index (χ1n) is 18.2. The molecule has 3 rings (SSSR count). The zero-order valence-corrected chi connectivity index (χ0v) is 36.9. The lowest BCUT2D eigenvalue weighted by molar-refractivity contribution is -0.0869. The number of benzene rings is 2. The maximum Gasteiger partial charge on any atom is 0.193 e. The lowest BCUT2D eigenvalue weighted by Gasteiger charge is -2.47. The molecule has 0 amide bonds. The van der Waals surface area contributed by atoms with Gasteiger partial charge in [-0.05, 0) is 73.0 Å². The first-order valence-corrected chi connectivity index (χ1v) is 29.1. The van der Waals surface area contributed by atoms with E-state index in [9.17, 15) is 0 Å². The smallest absolute Gasteiger partial charge is 0.193 e. The minimum atomic E-state index is -2.96. The van der Waals surface area contributed by atoms with E-state index in [0.29, 0.717) is 25.8 Å². The van der Waals surface area contributed by atoms with Crippen molar-refractivity contribution < 1.29 is 22.6 Å². The Hall–Kier alpha value is -1.36. The summed E-state index contributed by atoms with van der Waals surface area (Å²) < 4.78 is 42.7. The van der Waals surface area contributed by atoms with Crippen molar-refractivity contribution in [3.8, 4) is 0 Å². The van der Waals surface area contributed by atoms with Gasteiger partial charge in [-0.15, -0.1) is 0 Å². The molecule has 0 heterocycles. The number of hydrogen-bond donors (Lipinski definition) is 0. The van der Waals surface area contributed by atoms with E-state index >= 15 is 4.57 Å². The molecule has 0 radical (unpaired) electrons. The Balaban J connectivity index is 2.02. The molecule has 0 spiro atoms. The summed E-state index contributed by atoms with van der Waals surface area (Å²) in [5.74, 6) is 0. The van der Waals surface area contributed by atoms with Gasteiger partial charge in [0.1, 0.15) is 13.2 Å². The molecule has 0 bridgehead atoms. The Kier molecular flexibility index (Phi) is 14.2. The lowest BCUT2D eigenvalue weighted by atomic mass is 9.84. The molecule has 2 aromatic carbocycles. The highest BCUT2D eigenvalue weighted by molar-refractivity contribution is 7.78. The predicted molar refractivity (Wildman–Crippen MR) is 219 cm³/mol. The van der Waals surface area contributed by atoms with Crippen LogP contribution in [-0.4, -0.2) is 62.6 Å². The zero-order chi connectivity index (χ0) is 36.9. The Morgan fingerprint density at radius 1 is 0.796 bits per heavy atom. The highest BCUT2D eigenvalue weighted by Crippen LogP contribution is 2.46. The SMILES string of the molecule is C=C1/C(=C\CP(=O)(c2ccccc2)c2ccccc2)C[C@@H](O[Si](C)(C)CC)[C@@H](OCCCO[Si](C)(C)C(C)(C)C)[C@H]1O[Si](C)(C)C(C)(C)C. The molecule has 0 aliphatic heterocycles. The van der Waals surface area contributed by atoms with Gasteiger partial charge in [0.05, 0.1) is 12.2 Å². The van der Waals surface area contributed by atoms with Crippen molar-refractivity contribution in [1.82, 2.24) is 0 Å². The Bertz CT molecular complexity index is 1400. The molecule has 1 aliphatic rings. The number of ether oxygens (including phenoxy) is 1. The quantitative estimate of drug-likeness (QED) is 0.103. The van der Waals surface area contributed by atoms with E-state index in [4.69, 9.17) is 24.6 Å². The summed E-state index contributed by atoms with van der Waals surface area (Å²) in [6, 6.07) is 20.8. The molecule has 1 fully saturated rings. The Morgan fingerprint density at radius 2 is 1.31 bits per heavy atom. The first kappa shape index (κ1) is 42.1. The average Bonchev–Trinajstić information content (AvgIpc) is 3.02. The van der Waals surface area contributed by atoms with Crippen LogP contribution in [-0.2, 0) is 22.6 Å². The summed E-state index contributed by atoms with van der Waals surface area (Å²) in [5, 5.41) is 1.89. The number of allylic oxidation sites excluding steroid dienone is 1. The van der Waals surface area contributed by atoms with Crippen LogP contribution < -0.4 is 10.6 Å². The summed E-state index contributed by atoms with van der Waals surface area (Å²) in [4.78, 5) is 0. The molecule has 0 N–H and O–H groups in total. The standard InChI is InChI=1S/C40H67O5PSi3/c1-15-47(9,10)44-36-31-33(27-30-46(41,34-23-18-16-19-24-34)35-25-20-17-21-26-35)32(2)37(45-49(13,14)40(6,7)8)38(36)42-28-22-29-43-48(11,12)39(3,4)5/h16-21,23-27,36-38H,2,15,22,28-31H2,1,3-14H3/b33-27-/t36-,37+,38-/m1/s1. The van der Waals surface area contributed by atoms with Crippen molar-refractivity contribution in [1.29, 1.82) is 0 Å². The Morgan fingerprint density at radius 3 is 1.78 bits per heavy atom. The fourth-order valence-electron chi connectivity index (χ4n) is 5.44. The van der Waals surface area contributed by atoms with Crippen LogP contribution in [0.2, 0.25) is 55.4 Å². The second-order valence-corrected chi connectivity index (χ2v) is 34.3. The minimum absolute atomic E-state index is 0.000274. The third-order valence-corrected chi connectivity index (χ3v) is 25.8. The monoisotopic (exact) mass is 742 g/mol. The maximum atomic E-state index is 15.0. The average molecular weight is 743 g/mol. The lowest BCUT2D eigenvalue weighted by Crippen LogP contribution is -2.56. The fourth-order valence-corrected chi connectivity index (χ4v) is 11.5. The van der Waals surface area contributed by atoms with Gasteiger partial charge in [0, 0.05) is 36.4 Å². The van der Waals surface area contributed by atoms with Gasteiger partial charge >= 0.3 is 0 Å². The summed E-state index contributed by atoms with van der Waals surface area (Å²) in [6.07, 6.45) is 3.19. The highest BCUT2D eigenvalue weighted by Gasteiger charge is 2.48. The molecule has 1 aliphatic carbocycles. The van der Waals surface area contributed by atoms with Crippen molar-refractivity contribution in [3.05, 3.63) is 84.5 Å². The van der Waals surface area contributed by atoms with Crippen molar-refractivity contribution in [2.24, 2.45) is 0 Å².